The van der Waals surface area contributed by atoms with Crippen LogP contribution in [0, 0.1) is 5.92 Å². The van der Waals surface area contributed by atoms with Gasteiger partial charge in [-0.1, -0.05) is 13.8 Å². The lowest BCUT2D eigenvalue weighted by Gasteiger charge is -2.18. The summed E-state index contributed by atoms with van der Waals surface area (Å²) in [6.45, 7) is 8.42. The van der Waals surface area contributed by atoms with E-state index < -0.39 is 0 Å². The SMILES string of the molecule is CN/C(C)=C(/C(C)C)[C@@H](C)N. The van der Waals surface area contributed by atoms with Crippen LogP contribution in [0.4, 0.5) is 0 Å². The first-order valence-electron chi connectivity index (χ1n) is 4.14. The van der Waals surface area contributed by atoms with Crippen LogP contribution < -0.4 is 11.1 Å². The second-order valence-electron chi connectivity index (χ2n) is 3.27. The van der Waals surface area contributed by atoms with Gasteiger partial charge in [-0.05, 0) is 25.3 Å². The van der Waals surface area contributed by atoms with Gasteiger partial charge in [0.1, 0.15) is 0 Å². The summed E-state index contributed by atoms with van der Waals surface area (Å²) in [5.74, 6) is 0.530. The first-order chi connectivity index (χ1) is 5.00. The van der Waals surface area contributed by atoms with Crippen molar-refractivity contribution in [2.75, 3.05) is 7.05 Å². The van der Waals surface area contributed by atoms with Crippen molar-refractivity contribution < 1.29 is 0 Å². The fourth-order valence-electron chi connectivity index (χ4n) is 1.44. The molecule has 0 bridgehead atoms. The molecule has 2 nitrogen and oxygen atoms in total. The first-order valence-corrected chi connectivity index (χ1v) is 4.14. The third-order valence-corrected chi connectivity index (χ3v) is 1.92. The molecule has 0 fully saturated rings. The fourth-order valence-corrected chi connectivity index (χ4v) is 1.44. The van der Waals surface area contributed by atoms with Crippen molar-refractivity contribution in [3.63, 3.8) is 0 Å². The van der Waals surface area contributed by atoms with Gasteiger partial charge in [0.05, 0.1) is 0 Å². The van der Waals surface area contributed by atoms with Gasteiger partial charge in [-0.25, -0.2) is 0 Å². The van der Waals surface area contributed by atoms with E-state index in [1.807, 2.05) is 14.0 Å². The molecule has 0 aromatic rings. The maximum absolute atomic E-state index is 5.82. The van der Waals surface area contributed by atoms with Gasteiger partial charge < -0.3 is 11.1 Å². The summed E-state index contributed by atoms with van der Waals surface area (Å²) in [5.41, 5.74) is 8.33. The van der Waals surface area contributed by atoms with E-state index in [2.05, 4.69) is 26.1 Å². The highest BCUT2D eigenvalue weighted by Gasteiger charge is 2.10. The topological polar surface area (TPSA) is 38.0 Å². The monoisotopic (exact) mass is 156 g/mol. The molecule has 2 heteroatoms. The Morgan fingerprint density at radius 3 is 1.82 bits per heavy atom. The summed E-state index contributed by atoms with van der Waals surface area (Å²) in [5, 5.41) is 3.13. The number of hydrogen-bond donors (Lipinski definition) is 2. The van der Waals surface area contributed by atoms with Gasteiger partial charge in [0.15, 0.2) is 0 Å². The second kappa shape index (κ2) is 4.39. The molecule has 0 saturated carbocycles. The van der Waals surface area contributed by atoms with E-state index in [1.54, 1.807) is 0 Å². The van der Waals surface area contributed by atoms with Gasteiger partial charge in [0.25, 0.3) is 0 Å². The minimum absolute atomic E-state index is 0.155. The predicted octanol–water partition coefficient (Wildman–Crippen LogP) is 1.48. The molecule has 0 heterocycles. The number of allylic oxidation sites excluding steroid dienone is 1. The molecule has 0 amide bonds. The van der Waals surface area contributed by atoms with Crippen LogP contribution in [-0.2, 0) is 0 Å². The Bertz CT molecular complexity index is 136. The normalized spacial score (nSPS) is 16.3. The smallest absolute Gasteiger partial charge is 0.0247 e. The molecule has 11 heavy (non-hydrogen) atoms. The van der Waals surface area contributed by atoms with E-state index >= 15 is 0 Å². The number of nitrogens with one attached hydrogen (secondary N) is 1. The Morgan fingerprint density at radius 2 is 1.73 bits per heavy atom. The lowest BCUT2D eigenvalue weighted by atomic mass is 9.95. The molecular weight excluding hydrogens is 136 g/mol. The minimum Gasteiger partial charge on any atom is -0.392 e. The molecular formula is C9H20N2. The molecule has 3 N–H and O–H groups in total. The summed E-state index contributed by atoms with van der Waals surface area (Å²) in [4.78, 5) is 0. The maximum atomic E-state index is 5.82. The molecule has 0 rings (SSSR count). The van der Waals surface area contributed by atoms with Gasteiger partial charge in [-0.2, -0.15) is 0 Å². The molecule has 0 unspecified atom stereocenters. The quantitative estimate of drug-likeness (QED) is 0.649. The molecule has 0 aliphatic heterocycles. The highest BCUT2D eigenvalue weighted by atomic mass is 14.8. The van der Waals surface area contributed by atoms with Gasteiger partial charge in [-0.3, -0.25) is 0 Å². The summed E-state index contributed by atoms with van der Waals surface area (Å²) in [7, 11) is 1.93. The third-order valence-electron chi connectivity index (χ3n) is 1.92. The molecule has 0 aromatic carbocycles. The predicted molar refractivity (Wildman–Crippen MR) is 50.2 cm³/mol. The molecule has 66 valence electrons. The van der Waals surface area contributed by atoms with Crippen LogP contribution in [0.1, 0.15) is 27.7 Å². The van der Waals surface area contributed by atoms with Crippen molar-refractivity contribution in [3.05, 3.63) is 11.3 Å². The van der Waals surface area contributed by atoms with Crippen molar-refractivity contribution in [1.29, 1.82) is 0 Å². The standard InChI is InChI=1S/C9H20N2/c1-6(2)9(7(3)10)8(4)11-5/h6-7,11H,10H2,1-5H3/b9-8-/t7-/m1/s1. The molecule has 1 atom stereocenters. The molecule has 0 radical (unpaired) electrons. The Kier molecular flexibility index (Phi) is 4.19. The van der Waals surface area contributed by atoms with Gasteiger partial charge in [0.2, 0.25) is 0 Å². The van der Waals surface area contributed by atoms with Crippen LogP contribution in [0.2, 0.25) is 0 Å². The van der Waals surface area contributed by atoms with E-state index in [4.69, 9.17) is 5.73 Å². The zero-order valence-electron chi connectivity index (χ0n) is 8.23. The van der Waals surface area contributed by atoms with Crippen molar-refractivity contribution in [2.24, 2.45) is 11.7 Å². The van der Waals surface area contributed by atoms with Gasteiger partial charge in [0, 0.05) is 18.8 Å². The highest BCUT2D eigenvalue weighted by Crippen LogP contribution is 2.15. The largest absolute Gasteiger partial charge is 0.392 e. The van der Waals surface area contributed by atoms with E-state index in [-0.39, 0.29) is 6.04 Å². The van der Waals surface area contributed by atoms with E-state index in [0.29, 0.717) is 5.92 Å². The Morgan fingerprint density at radius 1 is 1.27 bits per heavy atom. The molecule has 0 aliphatic rings. The molecule has 0 aromatic heterocycles. The zero-order valence-corrected chi connectivity index (χ0v) is 8.23. The van der Waals surface area contributed by atoms with Gasteiger partial charge in [-0.15, -0.1) is 0 Å². The molecule has 0 saturated heterocycles. The Labute approximate surface area is 69.9 Å². The summed E-state index contributed by atoms with van der Waals surface area (Å²) in [6.07, 6.45) is 0. The van der Waals surface area contributed by atoms with Crippen LogP contribution in [-0.4, -0.2) is 13.1 Å². The molecule has 0 spiro atoms. The minimum atomic E-state index is 0.155. The van der Waals surface area contributed by atoms with E-state index in [1.165, 1.54) is 11.3 Å². The van der Waals surface area contributed by atoms with Crippen molar-refractivity contribution in [2.45, 2.75) is 33.7 Å². The summed E-state index contributed by atoms with van der Waals surface area (Å²) in [6, 6.07) is 0.155. The van der Waals surface area contributed by atoms with Crippen LogP contribution in [0.15, 0.2) is 11.3 Å². The van der Waals surface area contributed by atoms with Crippen LogP contribution in [0.5, 0.6) is 0 Å². The number of rotatable bonds is 3. The average Bonchev–Trinajstić information content (AvgIpc) is 1.85. The van der Waals surface area contributed by atoms with Crippen LogP contribution in [0.3, 0.4) is 0 Å². The highest BCUT2D eigenvalue weighted by molar-refractivity contribution is 5.17. The van der Waals surface area contributed by atoms with Crippen LogP contribution in [0.25, 0.3) is 0 Å². The second-order valence-corrected chi connectivity index (χ2v) is 3.27. The Balaban J connectivity index is 4.58. The van der Waals surface area contributed by atoms with Crippen molar-refractivity contribution in [1.82, 2.24) is 5.32 Å². The number of nitrogens with two attached hydrogens (primary N) is 1. The lowest BCUT2D eigenvalue weighted by molar-refractivity contribution is 0.650. The fraction of sp³-hybridized carbons (Fsp3) is 0.778. The summed E-state index contributed by atoms with van der Waals surface area (Å²) < 4.78 is 0. The molecule has 0 aliphatic carbocycles. The van der Waals surface area contributed by atoms with Crippen molar-refractivity contribution in [3.8, 4) is 0 Å². The van der Waals surface area contributed by atoms with Crippen molar-refractivity contribution >= 4 is 0 Å². The Hall–Kier alpha value is -0.500. The van der Waals surface area contributed by atoms with Crippen LogP contribution >= 0.6 is 0 Å². The third kappa shape index (κ3) is 2.93. The average molecular weight is 156 g/mol. The lowest BCUT2D eigenvalue weighted by Crippen LogP contribution is -2.25. The summed E-state index contributed by atoms with van der Waals surface area (Å²) >= 11 is 0. The zero-order chi connectivity index (χ0) is 9.02. The van der Waals surface area contributed by atoms with Gasteiger partial charge >= 0.3 is 0 Å². The first kappa shape index (κ1) is 10.5. The van der Waals surface area contributed by atoms with E-state index in [9.17, 15) is 0 Å². The number of hydrogen-bond acceptors (Lipinski definition) is 2. The van der Waals surface area contributed by atoms with E-state index in [0.717, 1.165) is 0 Å². The maximum Gasteiger partial charge on any atom is 0.0247 e.